The Kier molecular flexibility index (Phi) is 5.22. The molecule has 0 radical (unpaired) electrons. The van der Waals surface area contributed by atoms with Gasteiger partial charge in [0.1, 0.15) is 4.83 Å². The van der Waals surface area contributed by atoms with Crippen molar-refractivity contribution in [2.24, 2.45) is 0 Å². The maximum absolute atomic E-state index is 14.0. The summed E-state index contributed by atoms with van der Waals surface area (Å²) in [5, 5.41) is 13.3. The third kappa shape index (κ3) is 3.49. The van der Waals surface area contributed by atoms with Crippen LogP contribution in [0.5, 0.6) is 0 Å². The standard InChI is InChI=1S/C29H24N4OS2/c1-18-10-14-22(15-11-18)32-26(34)25-23-8-4-5-9-24(23)36-27(25)33-28(32)30-31-29(33)35-17-19-12-13-20-6-2-3-7-21(20)16-19/h2-3,6-7,10-16H,4-5,8-9,17H2,1H3. The number of rotatable bonds is 4. The maximum atomic E-state index is 14.0. The van der Waals surface area contributed by atoms with Gasteiger partial charge in [0, 0.05) is 10.6 Å². The van der Waals surface area contributed by atoms with Gasteiger partial charge in [-0.05, 0) is 66.6 Å². The van der Waals surface area contributed by atoms with Crippen molar-refractivity contribution in [2.45, 2.75) is 43.5 Å². The molecule has 0 spiro atoms. The maximum Gasteiger partial charge on any atom is 0.268 e. The molecule has 3 aromatic carbocycles. The van der Waals surface area contributed by atoms with Gasteiger partial charge in [0.25, 0.3) is 5.56 Å². The Morgan fingerprint density at radius 1 is 0.944 bits per heavy atom. The number of nitrogens with zero attached hydrogens (tertiary/aromatic N) is 4. The summed E-state index contributed by atoms with van der Waals surface area (Å²) in [5.41, 5.74) is 4.47. The van der Waals surface area contributed by atoms with Crippen LogP contribution in [0.4, 0.5) is 0 Å². The number of aromatic nitrogens is 4. The highest BCUT2D eigenvalue weighted by Gasteiger charge is 2.25. The first-order valence-corrected chi connectivity index (χ1v) is 14.1. The largest absolute Gasteiger partial charge is 0.268 e. The first-order valence-electron chi connectivity index (χ1n) is 12.3. The molecule has 0 aliphatic heterocycles. The minimum Gasteiger partial charge on any atom is -0.268 e. The summed E-state index contributed by atoms with van der Waals surface area (Å²) in [6, 6.07) is 23.1. The van der Waals surface area contributed by atoms with E-state index in [4.69, 9.17) is 0 Å². The normalized spacial score (nSPS) is 13.6. The van der Waals surface area contributed by atoms with Gasteiger partial charge in [-0.15, -0.1) is 21.5 Å². The molecule has 6 aromatic rings. The molecule has 3 heterocycles. The zero-order valence-electron chi connectivity index (χ0n) is 19.9. The van der Waals surface area contributed by atoms with E-state index in [1.54, 1.807) is 27.7 Å². The van der Waals surface area contributed by atoms with Gasteiger partial charge in [-0.3, -0.25) is 4.79 Å². The molecule has 0 bridgehead atoms. The molecule has 7 rings (SSSR count). The lowest BCUT2D eigenvalue weighted by atomic mass is 9.97. The highest BCUT2D eigenvalue weighted by molar-refractivity contribution is 7.98. The molecular formula is C29H24N4OS2. The lowest BCUT2D eigenvalue weighted by Gasteiger charge is -2.12. The Morgan fingerprint density at radius 2 is 1.75 bits per heavy atom. The summed E-state index contributed by atoms with van der Waals surface area (Å²) in [4.78, 5) is 16.3. The lowest BCUT2D eigenvalue weighted by Crippen LogP contribution is -2.22. The van der Waals surface area contributed by atoms with Crippen LogP contribution < -0.4 is 5.56 Å². The third-order valence-electron chi connectivity index (χ3n) is 7.06. The quantitative estimate of drug-likeness (QED) is 0.248. The summed E-state index contributed by atoms with van der Waals surface area (Å²) in [7, 11) is 0. The van der Waals surface area contributed by atoms with Gasteiger partial charge in [0.05, 0.1) is 11.1 Å². The van der Waals surface area contributed by atoms with E-state index in [-0.39, 0.29) is 5.56 Å². The first-order chi connectivity index (χ1) is 17.7. The SMILES string of the molecule is Cc1ccc(-n2c(=O)c3c4c(sc3n3c(SCc5ccc6ccccc6c5)nnc23)CCCC4)cc1. The Bertz CT molecular complexity index is 1830. The van der Waals surface area contributed by atoms with E-state index >= 15 is 0 Å². The molecule has 0 saturated heterocycles. The fourth-order valence-electron chi connectivity index (χ4n) is 5.21. The van der Waals surface area contributed by atoms with Crippen LogP contribution in [0.2, 0.25) is 0 Å². The average molecular weight is 509 g/mol. The van der Waals surface area contributed by atoms with Gasteiger partial charge in [0.2, 0.25) is 5.78 Å². The van der Waals surface area contributed by atoms with Crippen molar-refractivity contribution < 1.29 is 0 Å². The van der Waals surface area contributed by atoms with Crippen molar-refractivity contribution in [3.8, 4) is 5.69 Å². The Hall–Kier alpha value is -3.42. The second kappa shape index (κ2) is 8.61. The van der Waals surface area contributed by atoms with Crippen LogP contribution in [0, 0.1) is 6.92 Å². The predicted octanol–water partition coefficient (Wildman–Crippen LogP) is 6.73. The van der Waals surface area contributed by atoms with E-state index in [0.717, 1.165) is 51.6 Å². The summed E-state index contributed by atoms with van der Waals surface area (Å²) in [6.07, 6.45) is 4.32. The summed E-state index contributed by atoms with van der Waals surface area (Å²) in [5.74, 6) is 1.36. The topological polar surface area (TPSA) is 52.2 Å². The number of hydrogen-bond donors (Lipinski definition) is 0. The highest BCUT2D eigenvalue weighted by atomic mass is 32.2. The van der Waals surface area contributed by atoms with Crippen LogP contribution in [0.15, 0.2) is 76.7 Å². The Morgan fingerprint density at radius 3 is 2.61 bits per heavy atom. The van der Waals surface area contributed by atoms with Gasteiger partial charge >= 0.3 is 0 Å². The smallest absolute Gasteiger partial charge is 0.268 e. The van der Waals surface area contributed by atoms with Gasteiger partial charge in [-0.25, -0.2) is 8.97 Å². The molecule has 1 aliphatic carbocycles. The molecule has 0 fully saturated rings. The minimum absolute atomic E-state index is 0.0132. The fraction of sp³-hybridized carbons (Fsp3) is 0.207. The number of fused-ring (bicyclic) bond motifs is 6. The van der Waals surface area contributed by atoms with E-state index < -0.39 is 0 Å². The van der Waals surface area contributed by atoms with E-state index in [9.17, 15) is 4.79 Å². The molecule has 0 atom stereocenters. The molecular weight excluding hydrogens is 484 g/mol. The van der Waals surface area contributed by atoms with Crippen LogP contribution in [-0.2, 0) is 18.6 Å². The van der Waals surface area contributed by atoms with Gasteiger partial charge in [0.15, 0.2) is 5.16 Å². The van der Waals surface area contributed by atoms with Gasteiger partial charge in [-0.1, -0.05) is 71.9 Å². The van der Waals surface area contributed by atoms with Crippen LogP contribution in [0.1, 0.15) is 34.4 Å². The van der Waals surface area contributed by atoms with Crippen molar-refractivity contribution in [1.82, 2.24) is 19.2 Å². The molecule has 7 heteroatoms. The molecule has 5 nitrogen and oxygen atoms in total. The van der Waals surface area contributed by atoms with E-state index in [1.807, 2.05) is 24.3 Å². The summed E-state index contributed by atoms with van der Waals surface area (Å²) >= 11 is 3.42. The second-order valence-corrected chi connectivity index (χ2v) is 11.5. The van der Waals surface area contributed by atoms with Crippen molar-refractivity contribution in [3.05, 3.63) is 98.7 Å². The monoisotopic (exact) mass is 508 g/mol. The van der Waals surface area contributed by atoms with Crippen molar-refractivity contribution >= 4 is 49.9 Å². The molecule has 3 aromatic heterocycles. The van der Waals surface area contributed by atoms with Crippen LogP contribution in [0.3, 0.4) is 0 Å². The molecule has 0 N–H and O–H groups in total. The molecule has 0 unspecified atom stereocenters. The molecule has 0 saturated carbocycles. The first kappa shape index (κ1) is 21.8. The Balaban J connectivity index is 1.41. The van der Waals surface area contributed by atoms with Crippen molar-refractivity contribution in [1.29, 1.82) is 0 Å². The van der Waals surface area contributed by atoms with E-state index in [2.05, 4.69) is 64.0 Å². The fourth-order valence-corrected chi connectivity index (χ4v) is 7.53. The third-order valence-corrected chi connectivity index (χ3v) is 9.34. The number of benzene rings is 3. The van der Waals surface area contributed by atoms with Gasteiger partial charge in [-0.2, -0.15) is 0 Å². The predicted molar refractivity (Wildman–Crippen MR) is 149 cm³/mol. The van der Waals surface area contributed by atoms with Gasteiger partial charge < -0.3 is 0 Å². The minimum atomic E-state index is 0.0132. The highest BCUT2D eigenvalue weighted by Crippen LogP contribution is 2.37. The van der Waals surface area contributed by atoms with E-state index in [1.165, 1.54) is 33.2 Å². The van der Waals surface area contributed by atoms with E-state index in [0.29, 0.717) is 5.78 Å². The zero-order valence-corrected chi connectivity index (χ0v) is 21.5. The summed E-state index contributed by atoms with van der Waals surface area (Å²) in [6.45, 7) is 2.05. The lowest BCUT2D eigenvalue weighted by molar-refractivity contribution is 0.699. The molecule has 178 valence electrons. The number of thioether (sulfide) groups is 1. The number of thiophene rings is 1. The van der Waals surface area contributed by atoms with Crippen molar-refractivity contribution in [3.63, 3.8) is 0 Å². The summed E-state index contributed by atoms with van der Waals surface area (Å²) < 4.78 is 3.86. The average Bonchev–Trinajstić information content (AvgIpc) is 3.50. The molecule has 36 heavy (non-hydrogen) atoms. The number of hydrogen-bond acceptors (Lipinski definition) is 5. The van der Waals surface area contributed by atoms with Crippen LogP contribution in [-0.4, -0.2) is 19.2 Å². The van der Waals surface area contributed by atoms with Crippen molar-refractivity contribution in [2.75, 3.05) is 0 Å². The number of aryl methyl sites for hydroxylation is 3. The molecule has 0 amide bonds. The molecule has 1 aliphatic rings. The zero-order chi connectivity index (χ0) is 24.2. The second-order valence-electron chi connectivity index (χ2n) is 9.46. The van der Waals surface area contributed by atoms with Crippen LogP contribution >= 0.6 is 23.1 Å². The van der Waals surface area contributed by atoms with Crippen LogP contribution in [0.25, 0.3) is 32.5 Å². The Labute approximate surface area is 216 Å².